The summed E-state index contributed by atoms with van der Waals surface area (Å²) in [6.45, 7) is 13.3. The molecule has 10 heteroatoms. The Morgan fingerprint density at radius 3 is 2.04 bits per heavy atom. The number of amides is 2. The molecule has 0 rings (SSSR count). The molecule has 0 aromatic heterocycles. The lowest BCUT2D eigenvalue weighted by molar-refractivity contribution is -0.870. The van der Waals surface area contributed by atoms with Crippen LogP contribution in [0.5, 0.6) is 0 Å². The summed E-state index contributed by atoms with van der Waals surface area (Å²) in [6, 6.07) is 0. The number of carbonyl (C=O) groups is 2. The molecule has 27 heavy (non-hydrogen) atoms. The smallest absolute Gasteiger partial charge is 0.267 e. The fraction of sp³-hybridized carbons (Fsp3) is 0.647. The summed E-state index contributed by atoms with van der Waals surface area (Å²) in [5.41, 5.74) is -0.427. The molecule has 0 saturated heterocycles. The third-order valence-electron chi connectivity index (χ3n) is 2.87. The van der Waals surface area contributed by atoms with Crippen LogP contribution in [0.25, 0.3) is 0 Å². The molecule has 0 saturated carbocycles. The van der Waals surface area contributed by atoms with Crippen LogP contribution in [0, 0.1) is 0 Å². The van der Waals surface area contributed by atoms with Crippen LogP contribution in [0.4, 0.5) is 0 Å². The van der Waals surface area contributed by atoms with Gasteiger partial charge in [0.1, 0.15) is 0 Å². The first-order valence-corrected chi connectivity index (χ1v) is 9.74. The molecule has 0 aliphatic rings. The quantitative estimate of drug-likeness (QED) is 0.166. The van der Waals surface area contributed by atoms with Gasteiger partial charge in [-0.2, -0.15) is 8.42 Å². The number of halogens is 1. The molecular weight excluding hydrogens is 394 g/mol. The number of carbonyl (C=O) groups excluding carboxylic acids is 2. The molecule has 3 N–H and O–H groups in total. The Balaban J connectivity index is -0.000000411. The van der Waals surface area contributed by atoms with E-state index in [2.05, 4.69) is 44.9 Å². The molecule has 160 valence electrons. The number of quaternary nitrogens is 1. The van der Waals surface area contributed by atoms with Crippen molar-refractivity contribution in [1.29, 1.82) is 0 Å². The highest BCUT2D eigenvalue weighted by atomic mass is 35.5. The highest BCUT2D eigenvalue weighted by Crippen LogP contribution is 2.05. The van der Waals surface area contributed by atoms with E-state index in [1.807, 2.05) is 0 Å². The van der Waals surface area contributed by atoms with Crippen molar-refractivity contribution in [3.63, 3.8) is 0 Å². The maximum atomic E-state index is 11.1. The largest absolute Gasteiger partial charge is 1.00 e. The SMILES string of the molecule is C=C(C)C(=O)NCCC[N+](C)(C)C.C=CC(=O)NC(C)(C)CS(=O)(=O)O.[Cl-]. The van der Waals surface area contributed by atoms with Crippen LogP contribution in [0.15, 0.2) is 24.8 Å². The van der Waals surface area contributed by atoms with E-state index >= 15 is 0 Å². The Bertz CT molecular complexity index is 611. The number of hydrogen-bond acceptors (Lipinski definition) is 4. The second-order valence-electron chi connectivity index (χ2n) is 7.71. The third kappa shape index (κ3) is 22.5. The highest BCUT2D eigenvalue weighted by Gasteiger charge is 2.25. The van der Waals surface area contributed by atoms with Crippen LogP contribution in [0.1, 0.15) is 27.2 Å². The lowest BCUT2D eigenvalue weighted by Crippen LogP contribution is -3.00. The molecule has 0 aliphatic carbocycles. The average molecular weight is 428 g/mol. The Morgan fingerprint density at radius 2 is 1.70 bits per heavy atom. The monoisotopic (exact) mass is 427 g/mol. The highest BCUT2D eigenvalue weighted by molar-refractivity contribution is 7.85. The Kier molecular flexibility index (Phi) is 14.5. The van der Waals surface area contributed by atoms with Crippen molar-refractivity contribution in [2.24, 2.45) is 0 Å². The number of rotatable bonds is 9. The van der Waals surface area contributed by atoms with E-state index in [4.69, 9.17) is 4.55 Å². The lowest BCUT2D eigenvalue weighted by Gasteiger charge is -2.23. The third-order valence-corrected chi connectivity index (χ3v) is 3.96. The Labute approximate surface area is 169 Å². The molecule has 0 aromatic rings. The second-order valence-corrected chi connectivity index (χ2v) is 9.16. The van der Waals surface area contributed by atoms with Gasteiger partial charge in [0.25, 0.3) is 10.1 Å². The molecule has 0 aliphatic heterocycles. The van der Waals surface area contributed by atoms with Gasteiger partial charge in [-0.05, 0) is 26.8 Å². The minimum Gasteiger partial charge on any atom is -1.00 e. The zero-order valence-electron chi connectivity index (χ0n) is 17.1. The molecule has 2 amide bonds. The maximum Gasteiger partial charge on any atom is 0.267 e. The summed E-state index contributed by atoms with van der Waals surface area (Å²) in [5, 5.41) is 5.17. The molecular formula is C17H34ClN3O5S. The minimum absolute atomic E-state index is 0. The standard InChI is InChI=1S/C10H20N2O.C7H13NO4S.ClH/c1-9(2)10(13)11-7-6-8-12(3,4)5;1-4-6(9)8-7(2,3)5-13(10,11)12;/h1,6-8H2,2-5H3;4H,1,5H2,2-3H3,(H,8,9)(H,10,11,12);1H. The van der Waals surface area contributed by atoms with Crippen molar-refractivity contribution < 1.29 is 39.4 Å². The molecule has 0 heterocycles. The average Bonchev–Trinajstić information content (AvgIpc) is 2.39. The second kappa shape index (κ2) is 12.9. The minimum atomic E-state index is -4.08. The van der Waals surface area contributed by atoms with Gasteiger partial charge in [0.2, 0.25) is 11.8 Å². The normalized spacial score (nSPS) is 11.2. The maximum absolute atomic E-state index is 11.1. The predicted molar refractivity (Wildman–Crippen MR) is 104 cm³/mol. The van der Waals surface area contributed by atoms with E-state index in [1.165, 1.54) is 13.8 Å². The first kappa shape index (κ1) is 30.3. The Hall–Kier alpha value is -1.42. The zero-order chi connectivity index (χ0) is 21.2. The number of nitrogens with one attached hydrogen (secondary N) is 2. The van der Waals surface area contributed by atoms with E-state index in [1.54, 1.807) is 6.92 Å². The zero-order valence-corrected chi connectivity index (χ0v) is 18.7. The topological polar surface area (TPSA) is 113 Å². The van der Waals surface area contributed by atoms with Crippen LogP contribution in [0.3, 0.4) is 0 Å². The van der Waals surface area contributed by atoms with Gasteiger partial charge in [-0.15, -0.1) is 0 Å². The summed E-state index contributed by atoms with van der Waals surface area (Å²) in [7, 11) is 2.33. The van der Waals surface area contributed by atoms with Crippen molar-refractivity contribution in [2.75, 3.05) is 40.0 Å². The molecule has 0 spiro atoms. The van der Waals surface area contributed by atoms with Gasteiger partial charge in [-0.3, -0.25) is 14.1 Å². The lowest BCUT2D eigenvalue weighted by atomic mass is 10.1. The summed E-state index contributed by atoms with van der Waals surface area (Å²) < 4.78 is 30.5. The van der Waals surface area contributed by atoms with E-state index in [0.29, 0.717) is 5.57 Å². The van der Waals surface area contributed by atoms with E-state index in [0.717, 1.165) is 30.1 Å². The van der Waals surface area contributed by atoms with Crippen molar-refractivity contribution in [1.82, 2.24) is 10.6 Å². The summed E-state index contributed by atoms with van der Waals surface area (Å²) >= 11 is 0. The summed E-state index contributed by atoms with van der Waals surface area (Å²) in [6.07, 6.45) is 2.04. The summed E-state index contributed by atoms with van der Waals surface area (Å²) in [4.78, 5) is 21.9. The van der Waals surface area contributed by atoms with Crippen molar-refractivity contribution in [3.8, 4) is 0 Å². The van der Waals surface area contributed by atoms with Gasteiger partial charge in [0.15, 0.2) is 0 Å². The predicted octanol–water partition coefficient (Wildman–Crippen LogP) is -2.27. The van der Waals surface area contributed by atoms with Crippen molar-refractivity contribution in [3.05, 3.63) is 24.8 Å². The van der Waals surface area contributed by atoms with Gasteiger partial charge >= 0.3 is 0 Å². The van der Waals surface area contributed by atoms with Gasteiger partial charge in [-0.25, -0.2) is 0 Å². The van der Waals surface area contributed by atoms with Gasteiger partial charge in [0.05, 0.1) is 39.0 Å². The van der Waals surface area contributed by atoms with Gasteiger partial charge < -0.3 is 27.5 Å². The summed E-state index contributed by atoms with van der Waals surface area (Å²) in [5.74, 6) is -1.05. The van der Waals surface area contributed by atoms with Crippen LogP contribution in [-0.2, 0) is 19.7 Å². The molecule has 0 fully saturated rings. The Morgan fingerprint density at radius 1 is 1.22 bits per heavy atom. The van der Waals surface area contributed by atoms with E-state index < -0.39 is 27.3 Å². The molecule has 8 nitrogen and oxygen atoms in total. The molecule has 0 atom stereocenters. The molecule has 0 unspecified atom stereocenters. The van der Waals surface area contributed by atoms with Crippen LogP contribution < -0.4 is 23.0 Å². The van der Waals surface area contributed by atoms with Gasteiger partial charge in [0, 0.05) is 18.5 Å². The number of nitrogens with zero attached hydrogens (tertiary/aromatic N) is 1. The van der Waals surface area contributed by atoms with Gasteiger partial charge in [-0.1, -0.05) is 13.2 Å². The van der Waals surface area contributed by atoms with Crippen LogP contribution in [-0.4, -0.2) is 74.8 Å². The van der Waals surface area contributed by atoms with Crippen molar-refractivity contribution >= 4 is 21.9 Å². The first-order valence-electron chi connectivity index (χ1n) is 8.13. The molecule has 0 radical (unpaired) electrons. The molecule has 0 bridgehead atoms. The van der Waals surface area contributed by atoms with E-state index in [-0.39, 0.29) is 18.3 Å². The molecule has 0 aromatic carbocycles. The fourth-order valence-corrected chi connectivity index (χ4v) is 2.77. The van der Waals surface area contributed by atoms with Crippen molar-refractivity contribution in [2.45, 2.75) is 32.7 Å². The first-order chi connectivity index (χ1) is 11.5. The van der Waals surface area contributed by atoms with Crippen LogP contribution in [0.2, 0.25) is 0 Å². The number of hydrogen-bond donors (Lipinski definition) is 3. The fourth-order valence-electron chi connectivity index (χ4n) is 1.78. The van der Waals surface area contributed by atoms with Crippen LogP contribution >= 0.6 is 0 Å². The van der Waals surface area contributed by atoms with E-state index in [9.17, 15) is 18.0 Å².